The van der Waals surface area contributed by atoms with Crippen molar-refractivity contribution < 1.29 is 14.6 Å². The maximum atomic E-state index is 13.1. The summed E-state index contributed by atoms with van der Waals surface area (Å²) in [4.78, 5) is 18.2. The number of aliphatic hydroxyl groups is 1. The third-order valence-electron chi connectivity index (χ3n) is 7.07. The number of pyridine rings is 1. The summed E-state index contributed by atoms with van der Waals surface area (Å²) in [6.45, 7) is 5.99. The summed E-state index contributed by atoms with van der Waals surface area (Å²) in [5, 5.41) is 23.6. The van der Waals surface area contributed by atoms with E-state index in [0.29, 0.717) is 54.9 Å². The van der Waals surface area contributed by atoms with Crippen LogP contribution in [0.15, 0.2) is 23.0 Å². The van der Waals surface area contributed by atoms with Crippen LogP contribution in [0.25, 0.3) is 10.9 Å². The molecule has 10 nitrogen and oxygen atoms in total. The van der Waals surface area contributed by atoms with Crippen molar-refractivity contribution in [2.75, 3.05) is 26.4 Å². The Morgan fingerprint density at radius 3 is 2.60 bits per heavy atom. The van der Waals surface area contributed by atoms with Gasteiger partial charge in [0.15, 0.2) is 17.3 Å². The van der Waals surface area contributed by atoms with Crippen molar-refractivity contribution in [2.24, 2.45) is 5.92 Å². The second-order valence-corrected chi connectivity index (χ2v) is 9.86. The van der Waals surface area contributed by atoms with Crippen LogP contribution in [0.4, 0.5) is 0 Å². The Balaban J connectivity index is 1.48. The Labute approximate surface area is 204 Å². The highest BCUT2D eigenvalue weighted by molar-refractivity contribution is 5.83. The molecule has 1 unspecified atom stereocenters. The van der Waals surface area contributed by atoms with Crippen molar-refractivity contribution in [2.45, 2.75) is 64.6 Å². The van der Waals surface area contributed by atoms with E-state index in [9.17, 15) is 9.90 Å². The normalized spacial score (nSPS) is 17.4. The van der Waals surface area contributed by atoms with Crippen LogP contribution in [0, 0.1) is 5.92 Å². The number of hydrogen-bond donors (Lipinski definition) is 2. The summed E-state index contributed by atoms with van der Waals surface area (Å²) < 4.78 is 13.4. The zero-order chi connectivity index (χ0) is 24.4. The number of fused-ring (bicyclic) bond motifs is 2. The van der Waals surface area contributed by atoms with Gasteiger partial charge in [0.2, 0.25) is 0 Å². The van der Waals surface area contributed by atoms with Gasteiger partial charge in [-0.2, -0.15) is 0 Å². The van der Waals surface area contributed by atoms with Gasteiger partial charge in [-0.3, -0.25) is 9.69 Å². The van der Waals surface area contributed by atoms with E-state index in [-0.39, 0.29) is 24.1 Å². The van der Waals surface area contributed by atoms with Crippen molar-refractivity contribution in [3.8, 4) is 11.5 Å². The molecule has 0 spiro atoms. The highest BCUT2D eigenvalue weighted by Crippen LogP contribution is 2.35. The van der Waals surface area contributed by atoms with Gasteiger partial charge in [-0.1, -0.05) is 33.1 Å². The number of nitrogens with zero attached hydrogens (tertiary/aromatic N) is 5. The molecule has 3 aromatic rings. The van der Waals surface area contributed by atoms with Gasteiger partial charge in [0.05, 0.1) is 24.2 Å². The van der Waals surface area contributed by atoms with E-state index in [1.54, 1.807) is 0 Å². The number of aliphatic hydroxyl groups excluding tert-OH is 1. The van der Waals surface area contributed by atoms with Gasteiger partial charge in [-0.05, 0) is 41.3 Å². The number of hydrogen-bond acceptors (Lipinski definition) is 8. The minimum Gasteiger partial charge on any atom is -0.486 e. The Hall–Kier alpha value is -2.98. The standard InChI is InChI=1S/C25H34N6O4/c1-16(2)23(24-27-28-29-31(24)19-6-4-3-5-7-19)30(8-9-32)15-18-12-17-13-21-22(35-11-10-34-21)14-20(17)26-25(18)33/h12-14,16,19,23,32H,3-11,15H2,1-2H3,(H,26,33). The smallest absolute Gasteiger partial charge is 0.252 e. The van der Waals surface area contributed by atoms with Gasteiger partial charge in [-0.15, -0.1) is 5.10 Å². The lowest BCUT2D eigenvalue weighted by Crippen LogP contribution is -2.38. The Morgan fingerprint density at radius 1 is 1.14 bits per heavy atom. The lowest BCUT2D eigenvalue weighted by atomic mass is 9.94. The van der Waals surface area contributed by atoms with Crippen LogP contribution >= 0.6 is 0 Å². The fourth-order valence-corrected chi connectivity index (χ4v) is 5.43. The van der Waals surface area contributed by atoms with Crippen molar-refractivity contribution in [1.82, 2.24) is 30.1 Å². The number of rotatable bonds is 8. The molecule has 0 saturated heterocycles. The van der Waals surface area contributed by atoms with Crippen LogP contribution < -0.4 is 15.0 Å². The predicted molar refractivity (Wildman–Crippen MR) is 131 cm³/mol. The molecule has 188 valence electrons. The molecule has 3 heterocycles. The van der Waals surface area contributed by atoms with Crippen LogP contribution in [-0.2, 0) is 6.54 Å². The quantitative estimate of drug-likeness (QED) is 0.503. The first-order valence-corrected chi connectivity index (χ1v) is 12.6. The van der Waals surface area contributed by atoms with Crippen molar-refractivity contribution in [3.63, 3.8) is 0 Å². The monoisotopic (exact) mass is 482 g/mol. The molecule has 1 atom stereocenters. The van der Waals surface area contributed by atoms with Gasteiger partial charge in [0, 0.05) is 30.1 Å². The highest BCUT2D eigenvalue weighted by atomic mass is 16.6. The van der Waals surface area contributed by atoms with Crippen molar-refractivity contribution in [1.29, 1.82) is 0 Å². The molecule has 0 radical (unpaired) electrons. The maximum Gasteiger partial charge on any atom is 0.252 e. The summed E-state index contributed by atoms with van der Waals surface area (Å²) in [6, 6.07) is 5.77. The molecule has 5 rings (SSSR count). The van der Waals surface area contributed by atoms with E-state index >= 15 is 0 Å². The maximum absolute atomic E-state index is 13.1. The lowest BCUT2D eigenvalue weighted by molar-refractivity contribution is 0.103. The number of tetrazole rings is 1. The lowest BCUT2D eigenvalue weighted by Gasteiger charge is -2.34. The molecule has 10 heteroatoms. The van der Waals surface area contributed by atoms with Crippen LogP contribution in [-0.4, -0.2) is 61.6 Å². The van der Waals surface area contributed by atoms with E-state index < -0.39 is 0 Å². The molecule has 1 saturated carbocycles. The molecule has 0 bridgehead atoms. The minimum absolute atomic E-state index is 0.0294. The van der Waals surface area contributed by atoms with Crippen LogP contribution in [0.1, 0.15) is 69.4 Å². The Morgan fingerprint density at radius 2 is 1.89 bits per heavy atom. The molecule has 2 N–H and O–H groups in total. The number of H-pyrrole nitrogens is 1. The SMILES string of the molecule is CC(C)C(c1nnnn1C1CCCCC1)N(CCO)Cc1cc2cc3c(cc2[nH]c1=O)OCCO3. The molecule has 2 aromatic heterocycles. The second kappa shape index (κ2) is 10.3. The summed E-state index contributed by atoms with van der Waals surface area (Å²) in [6.07, 6.45) is 5.76. The summed E-state index contributed by atoms with van der Waals surface area (Å²) in [7, 11) is 0. The number of ether oxygens (including phenoxy) is 2. The molecule has 1 aliphatic carbocycles. The van der Waals surface area contributed by atoms with Gasteiger partial charge >= 0.3 is 0 Å². The average Bonchev–Trinajstić information content (AvgIpc) is 3.33. The number of aromatic nitrogens is 5. The molecular weight excluding hydrogens is 448 g/mol. The molecule has 35 heavy (non-hydrogen) atoms. The van der Waals surface area contributed by atoms with E-state index in [1.807, 2.05) is 22.9 Å². The third kappa shape index (κ3) is 4.90. The molecule has 0 amide bonds. The zero-order valence-electron chi connectivity index (χ0n) is 20.4. The molecule has 1 aromatic carbocycles. The topological polar surface area (TPSA) is 118 Å². The van der Waals surface area contributed by atoms with Gasteiger partial charge in [0.1, 0.15) is 13.2 Å². The third-order valence-corrected chi connectivity index (χ3v) is 7.07. The summed E-state index contributed by atoms with van der Waals surface area (Å²) >= 11 is 0. The number of benzene rings is 1. The van der Waals surface area contributed by atoms with E-state index in [1.165, 1.54) is 19.3 Å². The van der Waals surface area contributed by atoms with Crippen LogP contribution in [0.3, 0.4) is 0 Å². The van der Waals surface area contributed by atoms with Gasteiger partial charge in [0.25, 0.3) is 5.56 Å². The molecule has 2 aliphatic rings. The molecular formula is C25H34N6O4. The summed E-state index contributed by atoms with van der Waals surface area (Å²) in [5.41, 5.74) is 1.16. The molecule has 1 fully saturated rings. The first kappa shape index (κ1) is 23.7. The van der Waals surface area contributed by atoms with E-state index in [4.69, 9.17) is 9.47 Å². The van der Waals surface area contributed by atoms with Crippen LogP contribution in [0.5, 0.6) is 11.5 Å². The highest BCUT2D eigenvalue weighted by Gasteiger charge is 2.32. The second-order valence-electron chi connectivity index (χ2n) is 9.86. The summed E-state index contributed by atoms with van der Waals surface area (Å²) in [5.74, 6) is 2.30. The van der Waals surface area contributed by atoms with Crippen LogP contribution in [0.2, 0.25) is 0 Å². The van der Waals surface area contributed by atoms with Gasteiger partial charge < -0.3 is 19.6 Å². The molecule has 1 aliphatic heterocycles. The van der Waals surface area contributed by atoms with Crippen molar-refractivity contribution >= 4 is 10.9 Å². The number of aromatic amines is 1. The fraction of sp³-hybridized carbons (Fsp3) is 0.600. The zero-order valence-corrected chi connectivity index (χ0v) is 20.4. The Bertz CT molecular complexity index is 1220. The van der Waals surface area contributed by atoms with E-state index in [2.05, 4.69) is 39.3 Å². The largest absolute Gasteiger partial charge is 0.486 e. The predicted octanol–water partition coefficient (Wildman–Crippen LogP) is 2.98. The van der Waals surface area contributed by atoms with E-state index in [0.717, 1.165) is 24.1 Å². The Kier molecular flexibility index (Phi) is 7.01. The first-order chi connectivity index (χ1) is 17.0. The average molecular weight is 483 g/mol. The van der Waals surface area contributed by atoms with Crippen molar-refractivity contribution in [3.05, 3.63) is 39.9 Å². The van der Waals surface area contributed by atoms with Gasteiger partial charge in [-0.25, -0.2) is 4.68 Å². The minimum atomic E-state index is -0.161. The first-order valence-electron chi connectivity index (χ1n) is 12.6. The fourth-order valence-electron chi connectivity index (χ4n) is 5.43. The number of nitrogens with one attached hydrogen (secondary N) is 1.